The average molecular weight is 325 g/mol. The van der Waals surface area contributed by atoms with Gasteiger partial charge in [-0.25, -0.2) is 0 Å². The monoisotopic (exact) mass is 325 g/mol. The van der Waals surface area contributed by atoms with Gasteiger partial charge in [0.2, 0.25) is 0 Å². The van der Waals surface area contributed by atoms with Crippen LogP contribution in [-0.2, 0) is 0 Å². The van der Waals surface area contributed by atoms with Crippen molar-refractivity contribution < 1.29 is 0 Å². The van der Waals surface area contributed by atoms with Crippen LogP contribution in [-0.4, -0.2) is 15.0 Å². The normalized spacial score (nSPS) is 12.2. The molecule has 3 nitrogen and oxygen atoms in total. The molecule has 2 aromatic carbocycles. The van der Waals surface area contributed by atoms with Gasteiger partial charge in [-0.05, 0) is 24.3 Å². The number of nitrogens with zero attached hydrogens (tertiary/aromatic N) is 2. The van der Waals surface area contributed by atoms with Gasteiger partial charge < -0.3 is 4.98 Å². The summed E-state index contributed by atoms with van der Waals surface area (Å²) in [5.41, 5.74) is 4.22. The standard InChI is InChI=1S/C20H11N3S/c1-2-8-14-11(5-1)15-12-6-3-9-21-17(12)16-18-13(7-4-10-22-18)23-19(16)20(15)24-14/h1-10,23H. The molecule has 0 fully saturated rings. The Morgan fingerprint density at radius 1 is 0.750 bits per heavy atom. The number of aromatic amines is 1. The Kier molecular flexibility index (Phi) is 2.23. The van der Waals surface area contributed by atoms with Gasteiger partial charge in [0, 0.05) is 33.3 Å². The van der Waals surface area contributed by atoms with E-state index < -0.39 is 0 Å². The maximum absolute atomic E-state index is 4.71. The Morgan fingerprint density at radius 3 is 2.50 bits per heavy atom. The lowest BCUT2D eigenvalue weighted by atomic mass is 10.0. The first-order chi connectivity index (χ1) is 11.9. The first-order valence-electron chi connectivity index (χ1n) is 7.86. The van der Waals surface area contributed by atoms with Crippen molar-refractivity contribution in [2.45, 2.75) is 0 Å². The number of thiophene rings is 1. The third-order valence-corrected chi connectivity index (χ3v) is 5.88. The predicted molar refractivity (Wildman–Crippen MR) is 102 cm³/mol. The molecule has 0 atom stereocenters. The van der Waals surface area contributed by atoms with Crippen LogP contribution in [0.1, 0.15) is 0 Å². The molecule has 24 heavy (non-hydrogen) atoms. The molecule has 4 aromatic heterocycles. The summed E-state index contributed by atoms with van der Waals surface area (Å²) in [4.78, 5) is 12.9. The predicted octanol–water partition coefficient (Wildman–Crippen LogP) is 5.63. The summed E-state index contributed by atoms with van der Waals surface area (Å²) in [6.07, 6.45) is 3.71. The second kappa shape index (κ2) is 4.30. The first kappa shape index (κ1) is 12.4. The van der Waals surface area contributed by atoms with Crippen LogP contribution in [0, 0.1) is 0 Å². The quantitative estimate of drug-likeness (QED) is 0.393. The number of pyridine rings is 2. The molecule has 0 aliphatic carbocycles. The second-order valence-corrected chi connectivity index (χ2v) is 7.03. The Balaban J connectivity index is 2.07. The number of benzene rings is 2. The lowest BCUT2D eigenvalue weighted by molar-refractivity contribution is 1.41. The molecule has 0 spiro atoms. The van der Waals surface area contributed by atoms with Crippen LogP contribution in [0.25, 0.3) is 53.0 Å². The van der Waals surface area contributed by atoms with Crippen LogP contribution in [0.5, 0.6) is 0 Å². The van der Waals surface area contributed by atoms with Gasteiger partial charge in [0.1, 0.15) is 0 Å². The molecule has 6 aromatic rings. The van der Waals surface area contributed by atoms with E-state index in [1.165, 1.54) is 25.6 Å². The molecule has 1 N–H and O–H groups in total. The van der Waals surface area contributed by atoms with E-state index in [1.54, 1.807) is 0 Å². The number of fused-ring (bicyclic) bond motifs is 10. The van der Waals surface area contributed by atoms with Crippen LogP contribution in [0.3, 0.4) is 0 Å². The van der Waals surface area contributed by atoms with Crippen LogP contribution < -0.4 is 0 Å². The van der Waals surface area contributed by atoms with Gasteiger partial charge in [-0.15, -0.1) is 11.3 Å². The molecule has 4 heterocycles. The minimum atomic E-state index is 0.996. The maximum Gasteiger partial charge on any atom is 0.0980 e. The van der Waals surface area contributed by atoms with E-state index in [0.29, 0.717) is 0 Å². The summed E-state index contributed by atoms with van der Waals surface area (Å²) >= 11 is 1.83. The van der Waals surface area contributed by atoms with E-state index in [2.05, 4.69) is 46.4 Å². The number of nitrogens with one attached hydrogen (secondary N) is 1. The smallest absolute Gasteiger partial charge is 0.0980 e. The summed E-state index contributed by atoms with van der Waals surface area (Å²) < 4.78 is 2.58. The number of aromatic nitrogens is 3. The average Bonchev–Trinajstić information content (AvgIpc) is 3.21. The Morgan fingerprint density at radius 2 is 1.54 bits per heavy atom. The van der Waals surface area contributed by atoms with Crippen molar-refractivity contribution in [2.75, 3.05) is 0 Å². The highest BCUT2D eigenvalue weighted by atomic mass is 32.1. The fraction of sp³-hybridized carbons (Fsp3) is 0. The van der Waals surface area contributed by atoms with Crippen molar-refractivity contribution in [1.82, 2.24) is 15.0 Å². The summed E-state index contributed by atoms with van der Waals surface area (Å²) in [6, 6.07) is 16.8. The summed E-state index contributed by atoms with van der Waals surface area (Å²) in [7, 11) is 0. The van der Waals surface area contributed by atoms with Crippen LogP contribution in [0.2, 0.25) is 0 Å². The molecule has 6 rings (SSSR count). The molecule has 0 bridgehead atoms. The zero-order valence-electron chi connectivity index (χ0n) is 12.6. The Hall–Kier alpha value is -2.98. The summed E-state index contributed by atoms with van der Waals surface area (Å²) in [5, 5.41) is 4.91. The lowest BCUT2D eigenvalue weighted by Gasteiger charge is -2.03. The minimum absolute atomic E-state index is 0.996. The molecule has 0 unspecified atom stereocenters. The molecule has 112 valence electrons. The number of H-pyrrole nitrogens is 1. The Bertz CT molecular complexity index is 1300. The fourth-order valence-electron chi connectivity index (χ4n) is 3.72. The second-order valence-electron chi connectivity index (χ2n) is 5.98. The fourth-order valence-corrected chi connectivity index (χ4v) is 4.94. The van der Waals surface area contributed by atoms with Crippen LogP contribution in [0.4, 0.5) is 0 Å². The molecule has 0 amide bonds. The maximum atomic E-state index is 4.71. The van der Waals surface area contributed by atoms with Crippen LogP contribution in [0.15, 0.2) is 60.9 Å². The van der Waals surface area contributed by atoms with E-state index in [1.807, 2.05) is 35.9 Å². The van der Waals surface area contributed by atoms with Crippen molar-refractivity contribution >= 4 is 64.3 Å². The van der Waals surface area contributed by atoms with Crippen molar-refractivity contribution in [3.05, 3.63) is 60.9 Å². The Labute approximate surface area is 140 Å². The highest BCUT2D eigenvalue weighted by molar-refractivity contribution is 7.26. The SMILES string of the molecule is c1cnc2c(c1)[nH]c1c3sc4ccccc4c3c3cccnc3c21. The van der Waals surface area contributed by atoms with Gasteiger partial charge in [0.25, 0.3) is 0 Å². The van der Waals surface area contributed by atoms with Gasteiger partial charge in [0.15, 0.2) is 0 Å². The van der Waals surface area contributed by atoms with Crippen molar-refractivity contribution in [3.8, 4) is 0 Å². The van der Waals surface area contributed by atoms with Gasteiger partial charge in [-0.1, -0.05) is 24.3 Å². The summed E-state index contributed by atoms with van der Waals surface area (Å²) in [5.74, 6) is 0. The van der Waals surface area contributed by atoms with Crippen molar-refractivity contribution in [2.24, 2.45) is 0 Å². The van der Waals surface area contributed by atoms with E-state index in [9.17, 15) is 0 Å². The molecule has 0 radical (unpaired) electrons. The zero-order valence-corrected chi connectivity index (χ0v) is 13.4. The van der Waals surface area contributed by atoms with E-state index in [-0.39, 0.29) is 0 Å². The first-order valence-corrected chi connectivity index (χ1v) is 8.68. The van der Waals surface area contributed by atoms with Crippen molar-refractivity contribution in [1.29, 1.82) is 0 Å². The number of hydrogen-bond donors (Lipinski definition) is 1. The highest BCUT2D eigenvalue weighted by Gasteiger charge is 2.18. The zero-order chi connectivity index (χ0) is 15.7. The molecule has 0 saturated heterocycles. The molecule has 0 aliphatic heterocycles. The minimum Gasteiger partial charge on any atom is -0.352 e. The largest absolute Gasteiger partial charge is 0.352 e. The topological polar surface area (TPSA) is 41.6 Å². The molecular weight excluding hydrogens is 314 g/mol. The number of hydrogen-bond acceptors (Lipinski definition) is 3. The van der Waals surface area contributed by atoms with Gasteiger partial charge in [0.05, 0.1) is 32.2 Å². The molecule has 4 heteroatoms. The molecule has 0 saturated carbocycles. The highest BCUT2D eigenvalue weighted by Crippen LogP contribution is 2.44. The molecule has 0 aliphatic rings. The van der Waals surface area contributed by atoms with Crippen molar-refractivity contribution in [3.63, 3.8) is 0 Å². The van der Waals surface area contributed by atoms with E-state index >= 15 is 0 Å². The van der Waals surface area contributed by atoms with Gasteiger partial charge >= 0.3 is 0 Å². The molecular formula is C20H11N3S. The van der Waals surface area contributed by atoms with Gasteiger partial charge in [-0.2, -0.15) is 0 Å². The lowest BCUT2D eigenvalue weighted by Crippen LogP contribution is -1.82. The number of rotatable bonds is 0. The van der Waals surface area contributed by atoms with E-state index in [0.717, 1.165) is 27.5 Å². The summed E-state index contributed by atoms with van der Waals surface area (Å²) in [6.45, 7) is 0. The van der Waals surface area contributed by atoms with Gasteiger partial charge in [-0.3, -0.25) is 9.97 Å². The third kappa shape index (κ3) is 1.42. The third-order valence-electron chi connectivity index (χ3n) is 4.69. The van der Waals surface area contributed by atoms with Crippen LogP contribution >= 0.6 is 11.3 Å². The van der Waals surface area contributed by atoms with E-state index in [4.69, 9.17) is 4.98 Å².